The molecule has 43 heavy (non-hydrogen) atoms. The zero-order chi connectivity index (χ0) is 30.7. The number of hydrogen-bond donors (Lipinski definition) is 4. The van der Waals surface area contributed by atoms with Gasteiger partial charge in [0, 0.05) is 38.0 Å². The first-order valence-electron chi connectivity index (χ1n) is 13.6. The Hall–Kier alpha value is -4.65. The molecule has 12 nitrogen and oxygen atoms in total. The van der Waals surface area contributed by atoms with Crippen LogP contribution in [0.5, 0.6) is 0 Å². The number of allylic oxidation sites excluding steroid dienone is 1. The number of hydrogen-bond acceptors (Lipinski definition) is 7. The summed E-state index contributed by atoms with van der Waals surface area (Å²) in [6, 6.07) is 6.23. The van der Waals surface area contributed by atoms with E-state index >= 15 is 4.39 Å². The van der Waals surface area contributed by atoms with E-state index in [-0.39, 0.29) is 78.1 Å². The zero-order valence-corrected chi connectivity index (χ0v) is 23.9. The van der Waals surface area contributed by atoms with Gasteiger partial charge in [-0.2, -0.15) is 0 Å². The maximum Gasteiger partial charge on any atom is 0.412 e. The lowest BCUT2D eigenvalue weighted by Gasteiger charge is -2.44. The van der Waals surface area contributed by atoms with E-state index in [0.29, 0.717) is 12.1 Å². The third-order valence-electron chi connectivity index (χ3n) is 7.61. The number of carbonyl (C=O) groups excluding carboxylic acids is 5. The summed E-state index contributed by atoms with van der Waals surface area (Å²) in [5, 5.41) is 10.3. The molecule has 2 aromatic rings. The highest BCUT2D eigenvalue weighted by molar-refractivity contribution is 6.31. The molecule has 3 heterocycles. The molecule has 2 aromatic carbocycles. The largest absolute Gasteiger partial charge is 0.453 e. The van der Waals surface area contributed by atoms with Crippen LogP contribution in [0.15, 0.2) is 42.5 Å². The lowest BCUT2D eigenvalue weighted by molar-refractivity contribution is -0.138. The van der Waals surface area contributed by atoms with Gasteiger partial charge >= 0.3 is 12.2 Å². The van der Waals surface area contributed by atoms with E-state index in [1.54, 1.807) is 17.1 Å². The van der Waals surface area contributed by atoms with Crippen LogP contribution in [0.3, 0.4) is 0 Å². The summed E-state index contributed by atoms with van der Waals surface area (Å²) >= 11 is 6.03. The van der Waals surface area contributed by atoms with Gasteiger partial charge in [0.2, 0.25) is 11.8 Å². The van der Waals surface area contributed by atoms with Crippen LogP contribution in [0.25, 0.3) is 0 Å². The van der Waals surface area contributed by atoms with E-state index in [2.05, 4.69) is 26.0 Å². The second-order valence-electron chi connectivity index (χ2n) is 10.3. The average molecular weight is 614 g/mol. The first kappa shape index (κ1) is 29.8. The van der Waals surface area contributed by atoms with Crippen molar-refractivity contribution in [3.63, 3.8) is 0 Å². The van der Waals surface area contributed by atoms with E-state index in [0.717, 1.165) is 0 Å². The van der Waals surface area contributed by atoms with Crippen LogP contribution in [0.4, 0.5) is 31.0 Å². The maximum absolute atomic E-state index is 15.1. The number of carbonyl (C=O) groups is 5. The minimum absolute atomic E-state index is 0.0919. The Morgan fingerprint density at radius 3 is 2.60 bits per heavy atom. The van der Waals surface area contributed by atoms with E-state index in [9.17, 15) is 24.0 Å². The van der Waals surface area contributed by atoms with Crippen molar-refractivity contribution < 1.29 is 37.8 Å². The number of nitrogens with one attached hydrogen (secondary N) is 4. The van der Waals surface area contributed by atoms with Gasteiger partial charge in [-0.25, -0.2) is 14.0 Å². The first-order chi connectivity index (χ1) is 20.6. The molecular weight excluding hydrogens is 585 g/mol. The number of benzene rings is 2. The molecule has 1 fully saturated rings. The Morgan fingerprint density at radius 2 is 1.86 bits per heavy atom. The summed E-state index contributed by atoms with van der Waals surface area (Å²) in [5.74, 6) is -2.00. The van der Waals surface area contributed by atoms with Crippen LogP contribution < -0.4 is 21.3 Å². The lowest BCUT2D eigenvalue weighted by Crippen LogP contribution is -2.54. The number of nitrogens with zero attached hydrogens (tertiary/aromatic N) is 1. The number of anilines is 3. The second kappa shape index (κ2) is 12.3. The van der Waals surface area contributed by atoms with Gasteiger partial charge in [-0.05, 0) is 43.2 Å². The summed E-state index contributed by atoms with van der Waals surface area (Å²) < 4.78 is 25.4. The van der Waals surface area contributed by atoms with Crippen molar-refractivity contribution in [2.45, 2.75) is 43.7 Å². The van der Waals surface area contributed by atoms with Crippen LogP contribution in [0.2, 0.25) is 5.02 Å². The van der Waals surface area contributed by atoms with Gasteiger partial charge < -0.3 is 25.0 Å². The zero-order valence-electron chi connectivity index (χ0n) is 23.1. The molecule has 5 amide bonds. The van der Waals surface area contributed by atoms with Crippen molar-refractivity contribution in [2.75, 3.05) is 36.1 Å². The molecule has 0 aliphatic carbocycles. The van der Waals surface area contributed by atoms with Gasteiger partial charge in [0.15, 0.2) is 5.82 Å². The molecule has 4 N–H and O–H groups in total. The molecule has 0 radical (unpaired) electrons. The quantitative estimate of drug-likeness (QED) is 0.363. The van der Waals surface area contributed by atoms with Gasteiger partial charge in [-0.1, -0.05) is 23.8 Å². The highest BCUT2D eigenvalue weighted by Gasteiger charge is 2.48. The van der Waals surface area contributed by atoms with Gasteiger partial charge in [0.05, 0.1) is 34.6 Å². The normalized spacial score (nSPS) is 20.5. The molecule has 0 aromatic heterocycles. The molecule has 1 saturated heterocycles. The topological polar surface area (TPSA) is 155 Å². The molecule has 0 saturated carbocycles. The van der Waals surface area contributed by atoms with Crippen LogP contribution in [-0.2, 0) is 24.7 Å². The van der Waals surface area contributed by atoms with Crippen molar-refractivity contribution in [3.05, 3.63) is 64.5 Å². The molecule has 0 bridgehead atoms. The fourth-order valence-electron chi connectivity index (χ4n) is 5.45. The number of halogens is 2. The number of methoxy groups -OCH3 is 1. The van der Waals surface area contributed by atoms with Gasteiger partial charge in [-0.15, -0.1) is 0 Å². The molecule has 3 aliphatic rings. The third-order valence-corrected chi connectivity index (χ3v) is 7.90. The van der Waals surface area contributed by atoms with Gasteiger partial charge in [-0.3, -0.25) is 25.0 Å². The Labute approximate surface area is 250 Å². The summed E-state index contributed by atoms with van der Waals surface area (Å²) in [6.45, 7) is 0.256. The van der Waals surface area contributed by atoms with Gasteiger partial charge in [0.25, 0.3) is 5.91 Å². The van der Waals surface area contributed by atoms with Crippen molar-refractivity contribution in [1.82, 2.24) is 10.2 Å². The van der Waals surface area contributed by atoms with Crippen LogP contribution in [0.1, 0.15) is 48.0 Å². The van der Waals surface area contributed by atoms with Gasteiger partial charge in [0.1, 0.15) is 11.6 Å². The molecule has 3 aliphatic heterocycles. The maximum atomic E-state index is 15.1. The lowest BCUT2D eigenvalue weighted by atomic mass is 9.81. The van der Waals surface area contributed by atoms with E-state index in [1.807, 2.05) is 0 Å². The van der Waals surface area contributed by atoms with Crippen molar-refractivity contribution >= 4 is 58.6 Å². The SMILES string of the molecule is COC(=O)Nc1ccc2c(c1)NC(=O)CC/C=C/C[C@H](C(=O)N1CCC3(CC1)OC(=O)Nc1ccc(Cl)c(F)c13)NC2=O. The Kier molecular flexibility index (Phi) is 8.53. The van der Waals surface area contributed by atoms with E-state index in [4.69, 9.17) is 16.3 Å². The third kappa shape index (κ3) is 6.26. The molecule has 0 unspecified atom stereocenters. The number of fused-ring (bicyclic) bond motifs is 3. The molecule has 1 spiro atoms. The number of ether oxygens (including phenoxy) is 2. The van der Waals surface area contributed by atoms with E-state index in [1.165, 1.54) is 37.4 Å². The van der Waals surface area contributed by atoms with Crippen LogP contribution in [0, 0.1) is 5.82 Å². The minimum atomic E-state index is -1.30. The molecule has 1 atom stereocenters. The summed E-state index contributed by atoms with van der Waals surface area (Å²) in [7, 11) is 1.21. The van der Waals surface area contributed by atoms with Crippen molar-refractivity contribution in [2.24, 2.45) is 0 Å². The summed E-state index contributed by atoms with van der Waals surface area (Å²) in [5.41, 5.74) is -0.350. The fourth-order valence-corrected chi connectivity index (χ4v) is 5.61. The molecule has 5 rings (SSSR count). The summed E-state index contributed by atoms with van der Waals surface area (Å²) in [4.78, 5) is 65.1. The average Bonchev–Trinajstić information content (AvgIpc) is 2.97. The number of amides is 5. The number of likely N-dealkylation sites (tertiary alicyclic amines) is 1. The monoisotopic (exact) mass is 613 g/mol. The molecule has 226 valence electrons. The van der Waals surface area contributed by atoms with Crippen LogP contribution in [-0.4, -0.2) is 61.0 Å². The predicted molar refractivity (Wildman–Crippen MR) is 154 cm³/mol. The van der Waals surface area contributed by atoms with Crippen LogP contribution >= 0.6 is 11.6 Å². The number of piperidine rings is 1. The Bertz CT molecular complexity index is 1520. The fraction of sp³-hybridized carbons (Fsp3) is 0.345. The smallest absolute Gasteiger partial charge is 0.412 e. The highest BCUT2D eigenvalue weighted by atomic mass is 35.5. The molecular formula is C29H29ClFN5O7. The standard InChI is InChI=1S/C29H29ClFN5O7/c1-42-27(40)32-16-7-8-17-21(15-16)33-22(37)6-4-2-3-5-20(34-25(17)38)26(39)36-13-11-29(12-14-36)23-19(35-28(41)43-29)10-9-18(30)24(23)31/h2-3,7-10,15,20H,4-6,11-14H2,1H3,(H,32,40)(H,33,37)(H,34,38)(H,35,41)/b3-2+/t20-/m1/s1. The minimum Gasteiger partial charge on any atom is -0.453 e. The van der Waals surface area contributed by atoms with Crippen molar-refractivity contribution in [3.8, 4) is 0 Å². The summed E-state index contributed by atoms with van der Waals surface area (Å²) in [6.07, 6.45) is 2.98. The molecule has 14 heteroatoms. The first-order valence-corrected chi connectivity index (χ1v) is 14.0. The Balaban J connectivity index is 1.36. The Morgan fingerprint density at radius 1 is 1.09 bits per heavy atom. The van der Waals surface area contributed by atoms with Crippen molar-refractivity contribution in [1.29, 1.82) is 0 Å². The number of rotatable bonds is 2. The second-order valence-corrected chi connectivity index (χ2v) is 10.7. The highest BCUT2D eigenvalue weighted by Crippen LogP contribution is 2.46. The predicted octanol–water partition coefficient (Wildman–Crippen LogP) is 4.51. The van der Waals surface area contributed by atoms with E-state index < -0.39 is 35.6 Å².